The van der Waals surface area contributed by atoms with Crippen LogP contribution in [0.5, 0.6) is 0 Å². The molecule has 1 fully saturated rings. The summed E-state index contributed by atoms with van der Waals surface area (Å²) in [6.07, 6.45) is 3.44. The Morgan fingerprint density at radius 3 is 2.40 bits per heavy atom. The fourth-order valence-corrected chi connectivity index (χ4v) is 3.39. The second kappa shape index (κ2) is 4.84. The number of aliphatic hydroxyl groups is 2. The lowest BCUT2D eigenvalue weighted by Crippen LogP contribution is -2.42. The molecule has 2 unspecified atom stereocenters. The van der Waals surface area contributed by atoms with Crippen molar-refractivity contribution in [3.63, 3.8) is 0 Å². The van der Waals surface area contributed by atoms with E-state index in [1.807, 2.05) is 0 Å². The van der Waals surface area contributed by atoms with Crippen LogP contribution in [0.4, 0.5) is 0 Å². The Morgan fingerprint density at radius 2 is 1.93 bits per heavy atom. The lowest BCUT2D eigenvalue weighted by atomic mass is 9.61. The lowest BCUT2D eigenvalue weighted by Gasteiger charge is -2.45. The predicted molar refractivity (Wildman–Crippen MR) is 62.6 cm³/mol. The molecule has 4 atom stereocenters. The van der Waals surface area contributed by atoms with E-state index in [4.69, 9.17) is 0 Å². The molecular weight excluding hydrogens is 188 g/mol. The van der Waals surface area contributed by atoms with Gasteiger partial charge in [0.2, 0.25) is 0 Å². The minimum Gasteiger partial charge on any atom is -0.393 e. The summed E-state index contributed by atoms with van der Waals surface area (Å²) in [6.45, 7) is 8.48. The molecule has 2 heteroatoms. The Morgan fingerprint density at radius 1 is 1.33 bits per heavy atom. The molecule has 90 valence electrons. The Hall–Kier alpha value is -0.0800. The molecular formula is C13H26O2. The molecule has 2 nitrogen and oxygen atoms in total. The zero-order chi connectivity index (χ0) is 11.6. The first-order valence-electron chi connectivity index (χ1n) is 6.20. The molecule has 0 aromatic carbocycles. The fraction of sp³-hybridized carbons (Fsp3) is 1.00. The van der Waals surface area contributed by atoms with Gasteiger partial charge in [-0.15, -0.1) is 0 Å². The highest BCUT2D eigenvalue weighted by atomic mass is 16.3. The highest BCUT2D eigenvalue weighted by Crippen LogP contribution is 2.46. The molecule has 1 aliphatic rings. The molecule has 1 rings (SSSR count). The van der Waals surface area contributed by atoms with E-state index in [0.717, 1.165) is 0 Å². The molecule has 2 N–H and O–H groups in total. The second-order valence-corrected chi connectivity index (χ2v) is 6.04. The van der Waals surface area contributed by atoms with Gasteiger partial charge in [0, 0.05) is 0 Å². The number of aliphatic hydroxyl groups excluding tert-OH is 2. The summed E-state index contributed by atoms with van der Waals surface area (Å²) < 4.78 is 0. The summed E-state index contributed by atoms with van der Waals surface area (Å²) in [5.41, 5.74) is 0.214. The fourth-order valence-electron chi connectivity index (χ4n) is 3.39. The van der Waals surface area contributed by atoms with Gasteiger partial charge in [-0.1, -0.05) is 33.6 Å². The average molecular weight is 214 g/mol. The van der Waals surface area contributed by atoms with Crippen molar-refractivity contribution in [1.29, 1.82) is 0 Å². The van der Waals surface area contributed by atoms with Crippen LogP contribution in [0.2, 0.25) is 0 Å². The van der Waals surface area contributed by atoms with E-state index in [2.05, 4.69) is 20.8 Å². The minimum atomic E-state index is -0.398. The van der Waals surface area contributed by atoms with Crippen LogP contribution in [-0.2, 0) is 0 Å². The van der Waals surface area contributed by atoms with Crippen LogP contribution >= 0.6 is 0 Å². The van der Waals surface area contributed by atoms with E-state index in [1.54, 1.807) is 6.92 Å². The van der Waals surface area contributed by atoms with Crippen LogP contribution in [0, 0.1) is 17.3 Å². The van der Waals surface area contributed by atoms with Crippen molar-refractivity contribution in [2.24, 2.45) is 17.3 Å². The molecule has 0 bridgehead atoms. The molecule has 0 aliphatic heterocycles. The Bertz CT molecular complexity index is 199. The zero-order valence-electron chi connectivity index (χ0n) is 10.5. The molecule has 0 saturated heterocycles. The molecule has 0 spiro atoms. The van der Waals surface area contributed by atoms with E-state index in [1.165, 1.54) is 19.3 Å². The monoisotopic (exact) mass is 214 g/mol. The number of rotatable bonds is 3. The summed E-state index contributed by atoms with van der Waals surface area (Å²) in [5.74, 6) is 0.906. The van der Waals surface area contributed by atoms with Crippen molar-refractivity contribution in [1.82, 2.24) is 0 Å². The summed E-state index contributed by atoms with van der Waals surface area (Å²) in [4.78, 5) is 0. The first kappa shape index (κ1) is 13.0. The van der Waals surface area contributed by atoms with Gasteiger partial charge in [-0.05, 0) is 37.0 Å². The topological polar surface area (TPSA) is 40.5 Å². The van der Waals surface area contributed by atoms with Gasteiger partial charge in [0.1, 0.15) is 0 Å². The number of hydrogen-bond acceptors (Lipinski definition) is 2. The second-order valence-electron chi connectivity index (χ2n) is 6.04. The molecule has 1 aliphatic carbocycles. The highest BCUT2D eigenvalue weighted by molar-refractivity contribution is 4.90. The van der Waals surface area contributed by atoms with Gasteiger partial charge in [0.15, 0.2) is 0 Å². The minimum absolute atomic E-state index is 0.214. The average Bonchev–Trinajstić information content (AvgIpc) is 1.99. The van der Waals surface area contributed by atoms with E-state index in [-0.39, 0.29) is 11.5 Å². The third-order valence-corrected chi connectivity index (χ3v) is 3.99. The Kier molecular flexibility index (Phi) is 4.19. The summed E-state index contributed by atoms with van der Waals surface area (Å²) in [7, 11) is 0. The van der Waals surface area contributed by atoms with Gasteiger partial charge in [0.25, 0.3) is 0 Å². The van der Waals surface area contributed by atoms with Crippen LogP contribution in [0.25, 0.3) is 0 Å². The summed E-state index contributed by atoms with van der Waals surface area (Å²) in [5, 5.41) is 19.5. The normalized spacial score (nSPS) is 34.8. The predicted octanol–water partition coefficient (Wildman–Crippen LogP) is 2.58. The van der Waals surface area contributed by atoms with Crippen molar-refractivity contribution >= 4 is 0 Å². The maximum atomic E-state index is 10.2. The van der Waals surface area contributed by atoms with Crippen LogP contribution in [0.1, 0.15) is 53.4 Å². The van der Waals surface area contributed by atoms with Crippen molar-refractivity contribution in [3.8, 4) is 0 Å². The molecule has 0 amide bonds. The standard InChI is InChI=1S/C13H26O2/c1-9-6-5-7-13(3,4)12(9)11(15)8-10(2)14/h9-12,14-15H,5-8H2,1-4H3/t9-,10?,11?,12+/m0/s1. The Labute approximate surface area is 93.7 Å². The quantitative estimate of drug-likeness (QED) is 0.758. The summed E-state index contributed by atoms with van der Waals surface area (Å²) >= 11 is 0. The first-order valence-corrected chi connectivity index (χ1v) is 6.20. The van der Waals surface area contributed by atoms with Crippen LogP contribution < -0.4 is 0 Å². The molecule has 0 heterocycles. The van der Waals surface area contributed by atoms with Crippen molar-refractivity contribution in [2.45, 2.75) is 65.6 Å². The van der Waals surface area contributed by atoms with Gasteiger partial charge >= 0.3 is 0 Å². The smallest absolute Gasteiger partial charge is 0.0600 e. The van der Waals surface area contributed by atoms with Gasteiger partial charge in [-0.25, -0.2) is 0 Å². The third-order valence-electron chi connectivity index (χ3n) is 3.99. The highest BCUT2D eigenvalue weighted by Gasteiger charge is 2.41. The number of hydrogen-bond donors (Lipinski definition) is 2. The van der Waals surface area contributed by atoms with Crippen LogP contribution in [0.15, 0.2) is 0 Å². The molecule has 0 aromatic rings. The van der Waals surface area contributed by atoms with Gasteiger partial charge in [-0.3, -0.25) is 0 Å². The molecule has 0 aromatic heterocycles. The van der Waals surface area contributed by atoms with E-state index in [9.17, 15) is 10.2 Å². The zero-order valence-corrected chi connectivity index (χ0v) is 10.5. The van der Waals surface area contributed by atoms with Crippen molar-refractivity contribution in [2.75, 3.05) is 0 Å². The largest absolute Gasteiger partial charge is 0.393 e. The van der Waals surface area contributed by atoms with Crippen molar-refractivity contribution < 1.29 is 10.2 Å². The van der Waals surface area contributed by atoms with E-state index >= 15 is 0 Å². The van der Waals surface area contributed by atoms with Crippen LogP contribution in [0.3, 0.4) is 0 Å². The first-order chi connectivity index (χ1) is 6.84. The Balaban J connectivity index is 2.69. The molecule has 15 heavy (non-hydrogen) atoms. The maximum absolute atomic E-state index is 10.2. The molecule has 1 saturated carbocycles. The van der Waals surface area contributed by atoms with Gasteiger partial charge in [0.05, 0.1) is 12.2 Å². The van der Waals surface area contributed by atoms with E-state index in [0.29, 0.717) is 18.3 Å². The maximum Gasteiger partial charge on any atom is 0.0600 e. The lowest BCUT2D eigenvalue weighted by molar-refractivity contribution is -0.0463. The third kappa shape index (κ3) is 3.18. The summed E-state index contributed by atoms with van der Waals surface area (Å²) in [6, 6.07) is 0. The van der Waals surface area contributed by atoms with Gasteiger partial charge < -0.3 is 10.2 Å². The van der Waals surface area contributed by atoms with Crippen LogP contribution in [-0.4, -0.2) is 22.4 Å². The molecule has 0 radical (unpaired) electrons. The van der Waals surface area contributed by atoms with Crippen molar-refractivity contribution in [3.05, 3.63) is 0 Å². The van der Waals surface area contributed by atoms with Gasteiger partial charge in [-0.2, -0.15) is 0 Å². The van der Waals surface area contributed by atoms with E-state index < -0.39 is 6.10 Å². The SMILES string of the molecule is CC(O)CC(O)[C@H]1[C@@H](C)CCCC1(C)C.